The average molecular weight is 472 g/mol. The molecule has 2 aromatic rings. The number of sulfonamides is 1. The minimum atomic E-state index is -3.84. The Morgan fingerprint density at radius 1 is 1.33 bits per heavy atom. The highest BCUT2D eigenvalue weighted by Gasteiger charge is 2.36. The van der Waals surface area contributed by atoms with Crippen molar-refractivity contribution in [3.8, 4) is 0 Å². The van der Waals surface area contributed by atoms with Gasteiger partial charge in [-0.25, -0.2) is 12.8 Å². The molecule has 6 nitrogen and oxygen atoms in total. The lowest BCUT2D eigenvalue weighted by molar-refractivity contribution is -0.118. The fraction of sp³-hybridized carbons (Fsp3) is 0.350. The van der Waals surface area contributed by atoms with E-state index in [1.165, 1.54) is 28.4 Å². The van der Waals surface area contributed by atoms with Gasteiger partial charge in [-0.3, -0.25) is 4.79 Å². The number of hydrogen-bond donors (Lipinski definition) is 1. The fourth-order valence-electron chi connectivity index (χ4n) is 3.14. The van der Waals surface area contributed by atoms with Crippen LogP contribution in [0, 0.1) is 5.82 Å². The van der Waals surface area contributed by atoms with Crippen molar-refractivity contribution >= 4 is 50.6 Å². The second kappa shape index (κ2) is 9.15. The number of amides is 1. The summed E-state index contributed by atoms with van der Waals surface area (Å²) in [6.45, 7) is 2.19. The lowest BCUT2D eigenvalue weighted by Crippen LogP contribution is -2.40. The predicted octanol–water partition coefficient (Wildman–Crippen LogP) is 3.86. The van der Waals surface area contributed by atoms with Gasteiger partial charge in [0.2, 0.25) is 15.9 Å². The van der Waals surface area contributed by atoms with Crippen molar-refractivity contribution in [3.05, 3.63) is 56.3 Å². The number of benzene rings is 1. The fourth-order valence-corrected chi connectivity index (χ4v) is 5.21. The summed E-state index contributed by atoms with van der Waals surface area (Å²) < 4.78 is 42.3. The van der Waals surface area contributed by atoms with Crippen molar-refractivity contribution < 1.29 is 17.6 Å². The van der Waals surface area contributed by atoms with Crippen LogP contribution in [0.5, 0.6) is 0 Å². The molecule has 10 heteroatoms. The summed E-state index contributed by atoms with van der Waals surface area (Å²) in [6, 6.07) is 7.22. The van der Waals surface area contributed by atoms with Gasteiger partial charge >= 0.3 is 0 Å². The van der Waals surface area contributed by atoms with Gasteiger partial charge in [0.25, 0.3) is 0 Å². The smallest absolute Gasteiger partial charge is 0.245 e. The third-order valence-electron chi connectivity index (χ3n) is 5.04. The number of anilines is 1. The van der Waals surface area contributed by atoms with E-state index in [1.807, 2.05) is 25.9 Å². The first-order valence-electron chi connectivity index (χ1n) is 9.30. The van der Waals surface area contributed by atoms with Crippen LogP contribution in [0.25, 0.3) is 6.08 Å². The average Bonchev–Trinajstić information content (AvgIpc) is 3.25. The zero-order valence-corrected chi connectivity index (χ0v) is 19.2. The summed E-state index contributed by atoms with van der Waals surface area (Å²) in [5.41, 5.74) is 0.948. The van der Waals surface area contributed by atoms with E-state index in [0.717, 1.165) is 11.0 Å². The monoisotopic (exact) mass is 471 g/mol. The molecule has 0 spiro atoms. The van der Waals surface area contributed by atoms with Crippen LogP contribution in [-0.2, 0) is 14.8 Å². The molecule has 1 saturated heterocycles. The first-order chi connectivity index (χ1) is 14.1. The molecule has 0 aliphatic carbocycles. The summed E-state index contributed by atoms with van der Waals surface area (Å²) in [5, 5.41) is 1.00. The molecule has 2 atom stereocenters. The van der Waals surface area contributed by atoms with Crippen LogP contribution >= 0.6 is 22.9 Å². The van der Waals surface area contributed by atoms with E-state index >= 15 is 0 Å². The Hall–Kier alpha value is -1.78. The second-order valence-electron chi connectivity index (χ2n) is 7.29. The van der Waals surface area contributed by atoms with Gasteiger partial charge in [-0.15, -0.1) is 11.3 Å². The maximum absolute atomic E-state index is 14.7. The summed E-state index contributed by atoms with van der Waals surface area (Å²) >= 11 is 7.08. The first-order valence-corrected chi connectivity index (χ1v) is 12.0. The number of thiophene rings is 1. The molecular formula is C20H23ClFN3O3S2. The molecule has 1 amide bonds. The highest BCUT2D eigenvalue weighted by molar-refractivity contribution is 7.92. The molecular weight excluding hydrogens is 449 g/mol. The SMILES string of the molecule is C[C@H](c1ccc(N2CCC(NS(=O)(=O)/C=C/c3ccc(Cl)s3)C2=O)c(F)c1)N(C)C. The van der Waals surface area contributed by atoms with Gasteiger partial charge < -0.3 is 9.80 Å². The van der Waals surface area contributed by atoms with Crippen molar-refractivity contribution in [1.82, 2.24) is 9.62 Å². The van der Waals surface area contributed by atoms with Crippen molar-refractivity contribution in [1.29, 1.82) is 0 Å². The van der Waals surface area contributed by atoms with E-state index in [4.69, 9.17) is 11.6 Å². The summed E-state index contributed by atoms with van der Waals surface area (Å²) in [6.07, 6.45) is 1.67. The Balaban J connectivity index is 1.70. The topological polar surface area (TPSA) is 69.7 Å². The number of halogens is 2. The van der Waals surface area contributed by atoms with Gasteiger partial charge in [-0.1, -0.05) is 17.7 Å². The molecule has 30 heavy (non-hydrogen) atoms. The van der Waals surface area contributed by atoms with Crippen molar-refractivity contribution in [2.75, 3.05) is 25.5 Å². The summed E-state index contributed by atoms with van der Waals surface area (Å²) in [5.74, 6) is -0.981. The molecule has 0 saturated carbocycles. The molecule has 1 aliphatic heterocycles. The van der Waals surface area contributed by atoms with Gasteiger partial charge in [0.05, 0.1) is 10.0 Å². The number of nitrogens with one attached hydrogen (secondary N) is 1. The van der Waals surface area contributed by atoms with Crippen LogP contribution in [0.15, 0.2) is 35.7 Å². The van der Waals surface area contributed by atoms with Crippen LogP contribution in [-0.4, -0.2) is 45.9 Å². The van der Waals surface area contributed by atoms with Crippen molar-refractivity contribution in [2.45, 2.75) is 25.4 Å². The molecule has 1 fully saturated rings. The van der Waals surface area contributed by atoms with Crippen LogP contribution in [0.3, 0.4) is 0 Å². The van der Waals surface area contributed by atoms with Gasteiger partial charge in [0.15, 0.2) is 0 Å². The number of carbonyl (C=O) groups excluding carboxylic acids is 1. The Kier molecular flexibility index (Phi) is 6.98. The van der Waals surface area contributed by atoms with Gasteiger partial charge in [-0.2, -0.15) is 4.72 Å². The standard InChI is InChI=1S/C20H23ClFN3O3S2/c1-13(24(2)3)14-4-6-18(16(22)12-14)25-10-8-17(20(25)26)23-30(27,28)11-9-15-5-7-19(21)29-15/h4-7,9,11-13,17,23H,8,10H2,1-3H3/b11-9+/t13-,17?/m1/s1. The van der Waals surface area contributed by atoms with Crippen molar-refractivity contribution in [2.24, 2.45) is 0 Å². The van der Waals surface area contributed by atoms with E-state index in [1.54, 1.807) is 24.3 Å². The number of carbonyl (C=O) groups is 1. The Morgan fingerprint density at radius 2 is 2.07 bits per heavy atom. The largest absolute Gasteiger partial charge is 0.308 e. The normalized spacial score (nSPS) is 18.7. The van der Waals surface area contributed by atoms with Crippen LogP contribution in [0.1, 0.15) is 29.8 Å². The highest BCUT2D eigenvalue weighted by atomic mass is 35.5. The molecule has 1 N–H and O–H groups in total. The quantitative estimate of drug-likeness (QED) is 0.665. The molecule has 1 aromatic carbocycles. The predicted molar refractivity (Wildman–Crippen MR) is 120 cm³/mol. The molecule has 1 aromatic heterocycles. The summed E-state index contributed by atoms with van der Waals surface area (Å²) in [4.78, 5) is 16.6. The molecule has 162 valence electrons. The minimum absolute atomic E-state index is 0.0207. The molecule has 3 rings (SSSR count). The maximum Gasteiger partial charge on any atom is 0.245 e. The number of rotatable bonds is 7. The molecule has 1 unspecified atom stereocenters. The van der Waals surface area contributed by atoms with Crippen molar-refractivity contribution in [3.63, 3.8) is 0 Å². The first kappa shape index (κ1) is 22.9. The second-order valence-corrected chi connectivity index (χ2v) is 10.6. The molecule has 0 radical (unpaired) electrons. The lowest BCUT2D eigenvalue weighted by atomic mass is 10.1. The number of hydrogen-bond acceptors (Lipinski definition) is 5. The Labute approximate surface area is 185 Å². The molecule has 2 heterocycles. The van der Waals surface area contributed by atoms with Gasteiger partial charge in [0, 0.05) is 22.9 Å². The number of nitrogens with zero attached hydrogens (tertiary/aromatic N) is 2. The molecule has 0 bridgehead atoms. The van der Waals surface area contributed by atoms with Crippen LogP contribution in [0.2, 0.25) is 4.34 Å². The Bertz CT molecular complexity index is 1070. The van der Waals surface area contributed by atoms with E-state index in [2.05, 4.69) is 4.72 Å². The van der Waals surface area contributed by atoms with E-state index in [-0.39, 0.29) is 24.7 Å². The van der Waals surface area contributed by atoms with E-state index < -0.39 is 27.8 Å². The minimum Gasteiger partial charge on any atom is -0.308 e. The zero-order valence-electron chi connectivity index (χ0n) is 16.8. The van der Waals surface area contributed by atoms with E-state index in [9.17, 15) is 17.6 Å². The maximum atomic E-state index is 14.7. The highest BCUT2D eigenvalue weighted by Crippen LogP contribution is 2.29. The zero-order chi connectivity index (χ0) is 22.1. The third-order valence-corrected chi connectivity index (χ3v) is 7.34. The van der Waals surface area contributed by atoms with Gasteiger partial charge in [0.1, 0.15) is 11.9 Å². The molecule has 1 aliphatic rings. The summed E-state index contributed by atoms with van der Waals surface area (Å²) in [7, 11) is -0.0409. The third kappa shape index (κ3) is 5.28. The lowest BCUT2D eigenvalue weighted by Gasteiger charge is -2.22. The Morgan fingerprint density at radius 3 is 2.67 bits per heavy atom. The van der Waals surface area contributed by atoms with Gasteiger partial charge in [-0.05, 0) is 63.3 Å². The van der Waals surface area contributed by atoms with Crippen LogP contribution < -0.4 is 9.62 Å². The van der Waals surface area contributed by atoms with Crippen LogP contribution in [0.4, 0.5) is 10.1 Å². The van der Waals surface area contributed by atoms with E-state index in [0.29, 0.717) is 9.21 Å².